The molecule has 1 aromatic heterocycles. The quantitative estimate of drug-likeness (QED) is 0.305. The molecule has 4 rings (SSSR count). The largest absolute Gasteiger partial charge is 0.496 e. The van der Waals surface area contributed by atoms with Crippen LogP contribution >= 0.6 is 0 Å². The molecule has 32 heavy (non-hydrogen) atoms. The highest BCUT2D eigenvalue weighted by molar-refractivity contribution is 6.10. The number of benzene rings is 3. The van der Waals surface area contributed by atoms with Crippen LogP contribution in [0.2, 0.25) is 0 Å². The highest BCUT2D eigenvalue weighted by Crippen LogP contribution is 2.49. The van der Waals surface area contributed by atoms with E-state index < -0.39 is 12.1 Å². The lowest BCUT2D eigenvalue weighted by atomic mass is 9.97. The van der Waals surface area contributed by atoms with Crippen LogP contribution in [0.25, 0.3) is 33.3 Å². The molecule has 0 saturated heterocycles. The van der Waals surface area contributed by atoms with Crippen molar-refractivity contribution in [2.75, 3.05) is 14.2 Å². The van der Waals surface area contributed by atoms with Crippen LogP contribution in [0.15, 0.2) is 66.7 Å². The topological polar surface area (TPSA) is 60.6 Å². The Kier molecular flexibility index (Phi) is 5.52. The van der Waals surface area contributed by atoms with Gasteiger partial charge in [0.1, 0.15) is 5.75 Å². The van der Waals surface area contributed by atoms with E-state index in [1.807, 2.05) is 60.7 Å². The van der Waals surface area contributed by atoms with Crippen LogP contribution in [0.1, 0.15) is 0 Å². The summed E-state index contributed by atoms with van der Waals surface area (Å²) in [5.74, 6) is -2.45. The molecule has 8 heteroatoms. The summed E-state index contributed by atoms with van der Waals surface area (Å²) in [7, 11) is 2.71. The van der Waals surface area contributed by atoms with Gasteiger partial charge in [-0.05, 0) is 11.1 Å². The molecule has 0 aliphatic carbocycles. The SMILES string of the molecule is COc1cc(OC)c2c(-c3ccccc3)c(-c3ccccc3)[nH]c2c1OC(=O)C(F)(F)F. The van der Waals surface area contributed by atoms with Gasteiger partial charge in [-0.1, -0.05) is 60.7 Å². The molecular weight excluding hydrogens is 423 g/mol. The highest BCUT2D eigenvalue weighted by Gasteiger charge is 2.42. The first-order chi connectivity index (χ1) is 15.3. The summed E-state index contributed by atoms with van der Waals surface area (Å²) >= 11 is 0. The maximum absolute atomic E-state index is 13.0. The maximum Gasteiger partial charge on any atom is 0.491 e. The van der Waals surface area contributed by atoms with Gasteiger partial charge in [0.25, 0.3) is 0 Å². The normalized spacial score (nSPS) is 11.4. The van der Waals surface area contributed by atoms with Gasteiger partial charge in [-0.15, -0.1) is 0 Å². The lowest BCUT2D eigenvalue weighted by Gasteiger charge is -2.14. The van der Waals surface area contributed by atoms with Gasteiger partial charge < -0.3 is 19.2 Å². The number of aromatic amines is 1. The predicted octanol–water partition coefficient (Wildman–Crippen LogP) is 5.99. The molecule has 0 unspecified atom stereocenters. The molecule has 3 aromatic carbocycles. The second-order valence-electron chi connectivity index (χ2n) is 6.85. The Morgan fingerprint density at radius 2 is 1.41 bits per heavy atom. The van der Waals surface area contributed by atoms with Crippen molar-refractivity contribution in [3.63, 3.8) is 0 Å². The third kappa shape index (κ3) is 3.75. The number of aromatic nitrogens is 1. The Bertz CT molecular complexity index is 1270. The fraction of sp³-hybridized carbons (Fsp3) is 0.125. The molecule has 0 radical (unpaired) electrons. The van der Waals surface area contributed by atoms with E-state index in [0.29, 0.717) is 22.4 Å². The Balaban J connectivity index is 2.10. The Morgan fingerprint density at radius 3 is 1.94 bits per heavy atom. The standard InChI is InChI=1S/C24H18F3NO4/c1-30-16-13-17(31-2)22(32-23(29)24(25,26)27)21-19(16)18(14-9-5-3-6-10-14)20(28-21)15-11-7-4-8-12-15/h3-13,28H,1-2H3. The molecule has 0 amide bonds. The number of esters is 1. The van der Waals surface area contributed by atoms with Crippen LogP contribution in [-0.4, -0.2) is 31.3 Å². The summed E-state index contributed by atoms with van der Waals surface area (Å²) in [6.45, 7) is 0. The molecule has 0 fully saturated rings. The third-order valence-corrected chi connectivity index (χ3v) is 4.95. The molecule has 0 aliphatic heterocycles. The molecule has 164 valence electrons. The summed E-state index contributed by atoms with van der Waals surface area (Å²) in [6.07, 6.45) is -5.17. The van der Waals surface area contributed by atoms with Crippen LogP contribution < -0.4 is 14.2 Å². The summed E-state index contributed by atoms with van der Waals surface area (Å²) in [4.78, 5) is 14.8. The molecule has 1 N–H and O–H groups in total. The second kappa shape index (κ2) is 8.30. The summed E-state index contributed by atoms with van der Waals surface area (Å²) in [5.41, 5.74) is 3.06. The van der Waals surface area contributed by atoms with Crippen molar-refractivity contribution in [3.05, 3.63) is 66.7 Å². The number of nitrogens with one attached hydrogen (secondary N) is 1. The smallest absolute Gasteiger partial charge is 0.491 e. The average Bonchev–Trinajstić information content (AvgIpc) is 3.20. The van der Waals surface area contributed by atoms with Gasteiger partial charge in [-0.25, -0.2) is 4.79 Å². The van der Waals surface area contributed by atoms with Crippen LogP contribution in [0.4, 0.5) is 13.2 Å². The van der Waals surface area contributed by atoms with Gasteiger partial charge in [-0.2, -0.15) is 13.2 Å². The number of rotatable bonds is 5. The van der Waals surface area contributed by atoms with Crippen molar-refractivity contribution in [1.82, 2.24) is 4.98 Å². The predicted molar refractivity (Wildman–Crippen MR) is 114 cm³/mol. The number of methoxy groups -OCH3 is 2. The summed E-state index contributed by atoms with van der Waals surface area (Å²) in [6, 6.07) is 20.0. The van der Waals surface area contributed by atoms with Crippen LogP contribution in [0, 0.1) is 0 Å². The first kappa shape index (κ1) is 21.3. The molecule has 0 aliphatic rings. The molecule has 1 heterocycles. The Labute approximate surface area is 181 Å². The first-order valence-corrected chi connectivity index (χ1v) is 9.55. The number of fused-ring (bicyclic) bond motifs is 1. The van der Waals surface area contributed by atoms with Gasteiger partial charge in [0.05, 0.1) is 30.8 Å². The van der Waals surface area contributed by atoms with E-state index in [1.54, 1.807) is 0 Å². The van der Waals surface area contributed by atoms with E-state index in [-0.39, 0.29) is 17.0 Å². The lowest BCUT2D eigenvalue weighted by Crippen LogP contribution is -2.28. The van der Waals surface area contributed by atoms with E-state index in [0.717, 1.165) is 11.1 Å². The number of carbonyl (C=O) groups excluding carboxylic acids is 1. The number of alkyl halides is 3. The summed E-state index contributed by atoms with van der Waals surface area (Å²) < 4.78 is 54.5. The van der Waals surface area contributed by atoms with Gasteiger partial charge in [0, 0.05) is 11.6 Å². The van der Waals surface area contributed by atoms with E-state index in [1.165, 1.54) is 20.3 Å². The van der Waals surface area contributed by atoms with Crippen molar-refractivity contribution in [2.45, 2.75) is 6.18 Å². The zero-order chi connectivity index (χ0) is 22.9. The fourth-order valence-electron chi connectivity index (χ4n) is 3.58. The Morgan fingerprint density at radius 1 is 0.844 bits per heavy atom. The number of H-pyrrole nitrogens is 1. The zero-order valence-corrected chi connectivity index (χ0v) is 17.1. The number of hydrogen-bond donors (Lipinski definition) is 1. The van der Waals surface area contributed by atoms with E-state index in [9.17, 15) is 18.0 Å². The van der Waals surface area contributed by atoms with E-state index >= 15 is 0 Å². The monoisotopic (exact) mass is 441 g/mol. The molecule has 5 nitrogen and oxygen atoms in total. The fourth-order valence-corrected chi connectivity index (χ4v) is 3.58. The van der Waals surface area contributed by atoms with Crippen molar-refractivity contribution in [3.8, 4) is 39.6 Å². The molecule has 0 saturated carbocycles. The molecular formula is C24H18F3NO4. The van der Waals surface area contributed by atoms with Gasteiger partial charge in [-0.3, -0.25) is 0 Å². The van der Waals surface area contributed by atoms with Crippen LogP contribution in [-0.2, 0) is 4.79 Å². The number of halogens is 3. The second-order valence-corrected chi connectivity index (χ2v) is 6.85. The molecule has 0 spiro atoms. The highest BCUT2D eigenvalue weighted by atomic mass is 19.4. The maximum atomic E-state index is 13.0. The first-order valence-electron chi connectivity index (χ1n) is 9.55. The summed E-state index contributed by atoms with van der Waals surface area (Å²) in [5, 5.41) is 0.461. The minimum Gasteiger partial charge on any atom is -0.496 e. The minimum absolute atomic E-state index is 0.0765. The number of carbonyl (C=O) groups is 1. The van der Waals surface area contributed by atoms with Gasteiger partial charge >= 0.3 is 12.1 Å². The number of hydrogen-bond acceptors (Lipinski definition) is 4. The lowest BCUT2D eigenvalue weighted by molar-refractivity contribution is -0.189. The van der Waals surface area contributed by atoms with Crippen LogP contribution in [0.3, 0.4) is 0 Å². The van der Waals surface area contributed by atoms with E-state index in [2.05, 4.69) is 4.98 Å². The average molecular weight is 441 g/mol. The van der Waals surface area contributed by atoms with E-state index in [4.69, 9.17) is 14.2 Å². The van der Waals surface area contributed by atoms with Gasteiger partial charge in [0.2, 0.25) is 0 Å². The van der Waals surface area contributed by atoms with Crippen molar-refractivity contribution in [2.24, 2.45) is 0 Å². The number of ether oxygens (including phenoxy) is 3. The van der Waals surface area contributed by atoms with Crippen molar-refractivity contribution in [1.29, 1.82) is 0 Å². The molecule has 0 bridgehead atoms. The van der Waals surface area contributed by atoms with Crippen LogP contribution in [0.5, 0.6) is 17.2 Å². The zero-order valence-electron chi connectivity index (χ0n) is 17.1. The van der Waals surface area contributed by atoms with Gasteiger partial charge in [0.15, 0.2) is 11.5 Å². The molecule has 4 aromatic rings. The molecule has 0 atom stereocenters. The van der Waals surface area contributed by atoms with Crippen molar-refractivity contribution >= 4 is 16.9 Å². The third-order valence-electron chi connectivity index (χ3n) is 4.95. The Hall–Kier alpha value is -3.94. The van der Waals surface area contributed by atoms with Crippen molar-refractivity contribution < 1.29 is 32.2 Å². The minimum atomic E-state index is -5.17.